The van der Waals surface area contributed by atoms with Crippen molar-refractivity contribution >= 4 is 16.6 Å². The number of hydrogen-bond donors (Lipinski definition) is 1. The summed E-state index contributed by atoms with van der Waals surface area (Å²) in [5.41, 5.74) is 11.8. The van der Waals surface area contributed by atoms with Gasteiger partial charge in [0.2, 0.25) is 0 Å². The van der Waals surface area contributed by atoms with Crippen LogP contribution in [0.25, 0.3) is 22.0 Å². The van der Waals surface area contributed by atoms with Gasteiger partial charge in [-0.3, -0.25) is 4.98 Å². The van der Waals surface area contributed by atoms with Crippen LogP contribution in [0.2, 0.25) is 0 Å². The fraction of sp³-hybridized carbons (Fsp3) is 0.211. The number of hydrogen-bond acceptors (Lipinski definition) is 2. The van der Waals surface area contributed by atoms with Crippen LogP contribution in [-0.2, 0) is 12.8 Å². The number of anilines is 1. The third-order valence-corrected chi connectivity index (χ3v) is 4.49. The van der Waals surface area contributed by atoms with Crippen molar-refractivity contribution in [2.24, 2.45) is 0 Å². The Bertz CT molecular complexity index is 871. The molecule has 0 atom stereocenters. The van der Waals surface area contributed by atoms with Gasteiger partial charge in [-0.25, -0.2) is 4.39 Å². The molecule has 1 heterocycles. The molecule has 22 heavy (non-hydrogen) atoms. The van der Waals surface area contributed by atoms with Gasteiger partial charge < -0.3 is 5.73 Å². The third-order valence-electron chi connectivity index (χ3n) is 4.49. The number of pyridine rings is 1. The van der Waals surface area contributed by atoms with Crippen molar-refractivity contribution in [2.45, 2.75) is 25.7 Å². The van der Waals surface area contributed by atoms with Crippen LogP contribution in [0.1, 0.15) is 24.1 Å². The molecule has 0 saturated carbocycles. The second-order valence-electron chi connectivity index (χ2n) is 5.87. The van der Waals surface area contributed by atoms with Crippen LogP contribution in [0.3, 0.4) is 0 Å². The molecule has 110 valence electrons. The van der Waals surface area contributed by atoms with Crippen LogP contribution < -0.4 is 5.73 Å². The highest BCUT2D eigenvalue weighted by Crippen LogP contribution is 2.33. The molecule has 0 radical (unpaired) electrons. The minimum absolute atomic E-state index is 0.215. The Balaban J connectivity index is 1.93. The zero-order chi connectivity index (χ0) is 15.1. The summed E-state index contributed by atoms with van der Waals surface area (Å²) < 4.78 is 14.0. The van der Waals surface area contributed by atoms with Gasteiger partial charge in [-0.05, 0) is 48.9 Å². The number of aromatic nitrogens is 1. The molecule has 2 aromatic carbocycles. The number of nitrogens with two attached hydrogens (primary N) is 1. The SMILES string of the molecule is Nc1c2c(nc3cc(-c4ccccc4F)ccc13)CCCC2. The zero-order valence-electron chi connectivity index (χ0n) is 12.3. The fourth-order valence-corrected chi connectivity index (χ4v) is 3.33. The highest BCUT2D eigenvalue weighted by Gasteiger charge is 2.17. The van der Waals surface area contributed by atoms with Gasteiger partial charge in [0.15, 0.2) is 0 Å². The van der Waals surface area contributed by atoms with Gasteiger partial charge in [-0.15, -0.1) is 0 Å². The van der Waals surface area contributed by atoms with E-state index in [0.29, 0.717) is 5.56 Å². The monoisotopic (exact) mass is 292 g/mol. The average molecular weight is 292 g/mol. The minimum atomic E-state index is -0.215. The Morgan fingerprint density at radius 1 is 1.00 bits per heavy atom. The lowest BCUT2D eigenvalue weighted by Gasteiger charge is -2.18. The van der Waals surface area contributed by atoms with E-state index in [2.05, 4.69) is 0 Å². The van der Waals surface area contributed by atoms with Crippen molar-refractivity contribution in [1.82, 2.24) is 4.98 Å². The van der Waals surface area contributed by atoms with Crippen molar-refractivity contribution in [3.63, 3.8) is 0 Å². The summed E-state index contributed by atoms with van der Waals surface area (Å²) in [6.07, 6.45) is 4.34. The molecule has 2 nitrogen and oxygen atoms in total. The lowest BCUT2D eigenvalue weighted by Crippen LogP contribution is -2.09. The molecular weight excluding hydrogens is 275 g/mol. The number of benzene rings is 2. The van der Waals surface area contributed by atoms with E-state index >= 15 is 0 Å². The van der Waals surface area contributed by atoms with E-state index in [9.17, 15) is 4.39 Å². The summed E-state index contributed by atoms with van der Waals surface area (Å²) >= 11 is 0. The first-order chi connectivity index (χ1) is 10.7. The molecule has 3 aromatic rings. The summed E-state index contributed by atoms with van der Waals surface area (Å²) in [4.78, 5) is 4.79. The van der Waals surface area contributed by atoms with E-state index in [1.807, 2.05) is 24.3 Å². The molecule has 4 rings (SSSR count). The molecule has 0 spiro atoms. The lowest BCUT2D eigenvalue weighted by atomic mass is 9.92. The van der Waals surface area contributed by atoms with Crippen LogP contribution in [0.5, 0.6) is 0 Å². The molecule has 1 aliphatic carbocycles. The number of fused-ring (bicyclic) bond motifs is 2. The topological polar surface area (TPSA) is 38.9 Å². The predicted octanol–water partition coefficient (Wildman–Crippen LogP) is 4.50. The highest BCUT2D eigenvalue weighted by atomic mass is 19.1. The van der Waals surface area contributed by atoms with Crippen molar-refractivity contribution in [1.29, 1.82) is 0 Å². The van der Waals surface area contributed by atoms with E-state index in [1.165, 1.54) is 18.1 Å². The molecule has 0 unspecified atom stereocenters. The highest BCUT2D eigenvalue weighted by molar-refractivity contribution is 5.94. The van der Waals surface area contributed by atoms with E-state index in [0.717, 1.165) is 47.1 Å². The van der Waals surface area contributed by atoms with Crippen molar-refractivity contribution in [2.75, 3.05) is 5.73 Å². The van der Waals surface area contributed by atoms with Crippen LogP contribution >= 0.6 is 0 Å². The van der Waals surface area contributed by atoms with Crippen molar-refractivity contribution < 1.29 is 4.39 Å². The van der Waals surface area contributed by atoms with Gasteiger partial charge in [0.1, 0.15) is 5.82 Å². The minimum Gasteiger partial charge on any atom is -0.398 e. The van der Waals surface area contributed by atoms with E-state index in [-0.39, 0.29) is 5.82 Å². The van der Waals surface area contributed by atoms with Gasteiger partial charge in [0.05, 0.1) is 5.52 Å². The number of nitrogen functional groups attached to an aromatic ring is 1. The fourth-order valence-electron chi connectivity index (χ4n) is 3.33. The molecule has 1 aliphatic rings. The van der Waals surface area contributed by atoms with E-state index in [4.69, 9.17) is 10.7 Å². The molecule has 0 bridgehead atoms. The second-order valence-corrected chi connectivity index (χ2v) is 5.87. The molecule has 0 saturated heterocycles. The Kier molecular flexibility index (Phi) is 3.07. The maximum Gasteiger partial charge on any atom is 0.131 e. The first kappa shape index (κ1) is 13.3. The van der Waals surface area contributed by atoms with Gasteiger partial charge >= 0.3 is 0 Å². The molecule has 3 heteroatoms. The Morgan fingerprint density at radius 3 is 2.68 bits per heavy atom. The standard InChI is InChI=1S/C19H17FN2/c20-16-7-3-1-5-13(16)12-9-10-15-18(11-12)22-17-8-4-2-6-14(17)19(15)21/h1,3,5,7,9-11H,2,4,6,8H2,(H2,21,22). The maximum absolute atomic E-state index is 14.0. The quantitative estimate of drug-likeness (QED) is 0.717. The van der Waals surface area contributed by atoms with Crippen molar-refractivity contribution in [3.8, 4) is 11.1 Å². The second kappa shape index (κ2) is 5.09. The molecule has 0 aliphatic heterocycles. The third kappa shape index (κ3) is 2.05. The van der Waals surface area contributed by atoms with Crippen LogP contribution in [-0.4, -0.2) is 4.98 Å². The number of rotatable bonds is 1. The summed E-state index contributed by atoms with van der Waals surface area (Å²) in [7, 11) is 0. The summed E-state index contributed by atoms with van der Waals surface area (Å²) in [6, 6.07) is 12.7. The lowest BCUT2D eigenvalue weighted by molar-refractivity contribution is 0.631. The Hall–Kier alpha value is -2.42. The molecular formula is C19H17FN2. The van der Waals surface area contributed by atoms with Gasteiger partial charge in [0.25, 0.3) is 0 Å². The first-order valence-electron chi connectivity index (χ1n) is 7.70. The molecule has 1 aromatic heterocycles. The Labute approximate surface area is 128 Å². The van der Waals surface area contributed by atoms with Gasteiger partial charge in [0, 0.05) is 22.3 Å². The smallest absolute Gasteiger partial charge is 0.131 e. The van der Waals surface area contributed by atoms with Crippen LogP contribution in [0.15, 0.2) is 42.5 Å². The molecule has 2 N–H and O–H groups in total. The van der Waals surface area contributed by atoms with Crippen LogP contribution in [0, 0.1) is 5.82 Å². The summed E-state index contributed by atoms with van der Waals surface area (Å²) in [5, 5.41) is 0.973. The summed E-state index contributed by atoms with van der Waals surface area (Å²) in [6.45, 7) is 0. The molecule has 0 amide bonds. The number of nitrogens with zero attached hydrogens (tertiary/aromatic N) is 1. The number of halogens is 1. The predicted molar refractivity (Wildman–Crippen MR) is 88.2 cm³/mol. The summed E-state index contributed by atoms with van der Waals surface area (Å²) in [5.74, 6) is -0.215. The number of aryl methyl sites for hydroxylation is 1. The van der Waals surface area contributed by atoms with Crippen molar-refractivity contribution in [3.05, 3.63) is 59.5 Å². The van der Waals surface area contributed by atoms with E-state index < -0.39 is 0 Å². The maximum atomic E-state index is 14.0. The van der Waals surface area contributed by atoms with Crippen LogP contribution in [0.4, 0.5) is 10.1 Å². The zero-order valence-corrected chi connectivity index (χ0v) is 12.3. The largest absolute Gasteiger partial charge is 0.398 e. The van der Waals surface area contributed by atoms with E-state index in [1.54, 1.807) is 12.1 Å². The van der Waals surface area contributed by atoms with Gasteiger partial charge in [-0.1, -0.05) is 30.3 Å². The average Bonchev–Trinajstić information content (AvgIpc) is 2.55. The van der Waals surface area contributed by atoms with Gasteiger partial charge in [-0.2, -0.15) is 0 Å². The normalized spacial score (nSPS) is 14.0. The Morgan fingerprint density at radius 2 is 1.82 bits per heavy atom. The first-order valence-corrected chi connectivity index (χ1v) is 7.70. The molecule has 0 fully saturated rings.